The van der Waals surface area contributed by atoms with Crippen molar-refractivity contribution in [3.63, 3.8) is 0 Å². The van der Waals surface area contributed by atoms with E-state index in [2.05, 4.69) is 15.3 Å². The lowest BCUT2D eigenvalue weighted by molar-refractivity contribution is 0.232. The number of hydrogen-bond acceptors (Lipinski definition) is 6. The highest BCUT2D eigenvalue weighted by molar-refractivity contribution is 7.88. The molecule has 0 aromatic carbocycles. The Morgan fingerprint density at radius 1 is 1.32 bits per heavy atom. The molecule has 0 amide bonds. The van der Waals surface area contributed by atoms with Crippen LogP contribution in [-0.2, 0) is 10.0 Å². The van der Waals surface area contributed by atoms with Gasteiger partial charge >= 0.3 is 0 Å². The molecule has 0 spiro atoms. The number of anilines is 1. The van der Waals surface area contributed by atoms with Crippen LogP contribution in [0.5, 0.6) is 5.88 Å². The van der Waals surface area contributed by atoms with Crippen LogP contribution in [0.4, 0.5) is 5.82 Å². The molecule has 0 radical (unpaired) electrons. The highest BCUT2D eigenvalue weighted by Crippen LogP contribution is 2.22. The van der Waals surface area contributed by atoms with Gasteiger partial charge in [-0.15, -0.1) is 0 Å². The zero-order valence-corrected chi connectivity index (χ0v) is 14.1. The van der Waals surface area contributed by atoms with Gasteiger partial charge in [-0.1, -0.05) is 0 Å². The summed E-state index contributed by atoms with van der Waals surface area (Å²) >= 11 is 0. The Labute approximate surface area is 132 Å². The van der Waals surface area contributed by atoms with Gasteiger partial charge in [-0.05, 0) is 32.6 Å². The number of rotatable bonds is 6. The maximum Gasteiger partial charge on any atom is 0.257 e. The van der Waals surface area contributed by atoms with Crippen LogP contribution in [-0.4, -0.2) is 54.7 Å². The van der Waals surface area contributed by atoms with Crippen molar-refractivity contribution in [2.45, 2.75) is 32.8 Å². The monoisotopic (exact) mass is 328 g/mol. The van der Waals surface area contributed by atoms with Gasteiger partial charge in [0.25, 0.3) is 5.88 Å². The molecule has 7 nitrogen and oxygen atoms in total. The maximum absolute atomic E-state index is 11.5. The molecule has 0 atom stereocenters. The second-order valence-electron chi connectivity index (χ2n) is 5.86. The van der Waals surface area contributed by atoms with E-state index in [1.165, 1.54) is 6.26 Å². The molecule has 1 aromatic heterocycles. The minimum Gasteiger partial charge on any atom is -0.472 e. The van der Waals surface area contributed by atoms with E-state index in [4.69, 9.17) is 4.74 Å². The summed E-state index contributed by atoms with van der Waals surface area (Å²) in [5.74, 6) is 1.57. The van der Waals surface area contributed by atoms with Gasteiger partial charge < -0.3 is 10.1 Å². The van der Waals surface area contributed by atoms with Crippen molar-refractivity contribution in [2.75, 3.05) is 31.2 Å². The Morgan fingerprint density at radius 3 is 2.55 bits per heavy atom. The fraction of sp³-hybridized carbons (Fsp3) is 0.714. The molecular weight excluding hydrogens is 304 g/mol. The van der Waals surface area contributed by atoms with Gasteiger partial charge in [0, 0.05) is 32.0 Å². The Bertz CT molecular complexity index is 584. The van der Waals surface area contributed by atoms with E-state index < -0.39 is 10.0 Å². The van der Waals surface area contributed by atoms with Crippen molar-refractivity contribution in [3.05, 3.63) is 12.4 Å². The third kappa shape index (κ3) is 4.81. The van der Waals surface area contributed by atoms with Gasteiger partial charge in [-0.25, -0.2) is 22.7 Å². The van der Waals surface area contributed by atoms with Crippen LogP contribution in [0.15, 0.2) is 12.4 Å². The second kappa shape index (κ2) is 7.23. The summed E-state index contributed by atoms with van der Waals surface area (Å²) in [5, 5.41) is 3.28. The molecule has 1 fully saturated rings. The maximum atomic E-state index is 11.5. The molecule has 0 bridgehead atoms. The van der Waals surface area contributed by atoms with Crippen molar-refractivity contribution in [3.8, 4) is 5.88 Å². The van der Waals surface area contributed by atoms with Gasteiger partial charge in [-0.3, -0.25) is 0 Å². The van der Waals surface area contributed by atoms with Gasteiger partial charge in [0.15, 0.2) is 5.82 Å². The topological polar surface area (TPSA) is 84.4 Å². The molecule has 8 heteroatoms. The first-order valence-corrected chi connectivity index (χ1v) is 9.37. The molecule has 1 saturated heterocycles. The van der Waals surface area contributed by atoms with Gasteiger partial charge in [0.2, 0.25) is 10.0 Å². The van der Waals surface area contributed by atoms with E-state index in [-0.39, 0.29) is 6.10 Å². The minimum atomic E-state index is -3.07. The standard InChI is InChI=1S/C14H24N4O3S/c1-11(2)21-14-13(15-6-7-16-14)17-10-12-4-8-18(9-5-12)22(3,19)20/h6-7,11-12H,4-5,8-10H2,1-3H3,(H,15,17). The lowest BCUT2D eigenvalue weighted by atomic mass is 9.98. The van der Waals surface area contributed by atoms with Crippen LogP contribution in [0.3, 0.4) is 0 Å². The van der Waals surface area contributed by atoms with Gasteiger partial charge in [0.05, 0.1) is 12.4 Å². The summed E-state index contributed by atoms with van der Waals surface area (Å²) in [5.41, 5.74) is 0. The number of hydrogen-bond donors (Lipinski definition) is 1. The van der Waals surface area contributed by atoms with Crippen molar-refractivity contribution in [1.82, 2.24) is 14.3 Å². The molecule has 0 aliphatic carbocycles. The third-order valence-electron chi connectivity index (χ3n) is 3.61. The van der Waals surface area contributed by atoms with E-state index >= 15 is 0 Å². The minimum absolute atomic E-state index is 0.0373. The lowest BCUT2D eigenvalue weighted by Crippen LogP contribution is -2.39. The Morgan fingerprint density at radius 2 is 1.95 bits per heavy atom. The fourth-order valence-corrected chi connectivity index (χ4v) is 3.32. The van der Waals surface area contributed by atoms with Crippen molar-refractivity contribution in [2.24, 2.45) is 5.92 Å². The Kier molecular flexibility index (Phi) is 5.57. The summed E-state index contributed by atoms with van der Waals surface area (Å²) in [7, 11) is -3.07. The molecule has 0 saturated carbocycles. The molecule has 1 aliphatic heterocycles. The molecule has 22 heavy (non-hydrogen) atoms. The molecule has 2 rings (SSSR count). The number of nitrogens with one attached hydrogen (secondary N) is 1. The number of sulfonamides is 1. The zero-order valence-electron chi connectivity index (χ0n) is 13.3. The number of ether oxygens (including phenoxy) is 1. The molecule has 1 N–H and O–H groups in total. The zero-order chi connectivity index (χ0) is 16.2. The molecule has 1 aliphatic rings. The fourth-order valence-electron chi connectivity index (χ4n) is 2.44. The molecule has 124 valence electrons. The van der Waals surface area contributed by atoms with Gasteiger partial charge in [-0.2, -0.15) is 0 Å². The van der Waals surface area contributed by atoms with E-state index in [0.29, 0.717) is 30.7 Å². The van der Waals surface area contributed by atoms with Crippen molar-refractivity contribution in [1.29, 1.82) is 0 Å². The highest BCUT2D eigenvalue weighted by Gasteiger charge is 2.25. The predicted molar refractivity (Wildman–Crippen MR) is 85.4 cm³/mol. The van der Waals surface area contributed by atoms with Crippen LogP contribution in [0.25, 0.3) is 0 Å². The van der Waals surface area contributed by atoms with Crippen LogP contribution >= 0.6 is 0 Å². The van der Waals surface area contributed by atoms with E-state index in [9.17, 15) is 8.42 Å². The van der Waals surface area contributed by atoms with Crippen LogP contribution in [0, 0.1) is 5.92 Å². The molecular formula is C14H24N4O3S. The largest absolute Gasteiger partial charge is 0.472 e. The predicted octanol–water partition coefficient (Wildman–Crippen LogP) is 1.35. The van der Waals surface area contributed by atoms with Crippen molar-refractivity contribution < 1.29 is 13.2 Å². The quantitative estimate of drug-likeness (QED) is 0.848. The Hall–Kier alpha value is -1.41. The van der Waals surface area contributed by atoms with Crippen LogP contribution in [0.1, 0.15) is 26.7 Å². The highest BCUT2D eigenvalue weighted by atomic mass is 32.2. The smallest absolute Gasteiger partial charge is 0.257 e. The summed E-state index contributed by atoms with van der Waals surface area (Å²) in [6.45, 7) is 5.80. The van der Waals surface area contributed by atoms with Crippen LogP contribution < -0.4 is 10.1 Å². The molecule has 1 aromatic rings. The molecule has 0 unspecified atom stereocenters. The average molecular weight is 328 g/mol. The molecule has 2 heterocycles. The lowest BCUT2D eigenvalue weighted by Gasteiger charge is -2.30. The summed E-state index contributed by atoms with van der Waals surface area (Å²) < 4.78 is 30.2. The third-order valence-corrected chi connectivity index (χ3v) is 4.92. The normalized spacial score (nSPS) is 17.6. The van der Waals surface area contributed by atoms with Crippen molar-refractivity contribution >= 4 is 15.8 Å². The SMILES string of the molecule is CC(C)Oc1nccnc1NCC1CCN(S(C)(=O)=O)CC1. The van der Waals surface area contributed by atoms with E-state index in [1.807, 2.05) is 13.8 Å². The summed E-state index contributed by atoms with van der Waals surface area (Å²) in [4.78, 5) is 8.46. The van der Waals surface area contributed by atoms with Gasteiger partial charge in [0.1, 0.15) is 0 Å². The van der Waals surface area contributed by atoms with Crippen LogP contribution in [0.2, 0.25) is 0 Å². The Balaban J connectivity index is 1.87. The number of nitrogens with zero attached hydrogens (tertiary/aromatic N) is 3. The summed E-state index contributed by atoms with van der Waals surface area (Å²) in [6.07, 6.45) is 6.23. The van der Waals surface area contributed by atoms with E-state index in [1.54, 1.807) is 16.7 Å². The number of aromatic nitrogens is 2. The average Bonchev–Trinajstić information content (AvgIpc) is 2.45. The second-order valence-corrected chi connectivity index (χ2v) is 7.85. The first-order valence-electron chi connectivity index (χ1n) is 7.53. The summed E-state index contributed by atoms with van der Waals surface area (Å²) in [6, 6.07) is 0. The first kappa shape index (κ1) is 17.0. The number of piperidine rings is 1. The van der Waals surface area contributed by atoms with E-state index in [0.717, 1.165) is 19.4 Å². The first-order chi connectivity index (χ1) is 10.4.